The minimum Gasteiger partial charge on any atom is -0.317 e. The van der Waals surface area contributed by atoms with Gasteiger partial charge < -0.3 is 4.90 Å². The Morgan fingerprint density at radius 3 is 2.48 bits per heavy atom. The first-order valence-corrected chi connectivity index (χ1v) is 9.49. The lowest BCUT2D eigenvalue weighted by molar-refractivity contribution is -0.129. The van der Waals surface area contributed by atoms with E-state index in [1.54, 1.807) is 30.9 Å². The Bertz CT molecular complexity index is 902. The molecule has 3 atom stereocenters. The summed E-state index contributed by atoms with van der Waals surface area (Å²) >= 11 is 8.07. The van der Waals surface area contributed by atoms with Crippen LogP contribution >= 0.6 is 34.2 Å². The third-order valence-electron chi connectivity index (χ3n) is 5.51. The Labute approximate surface area is 164 Å². The molecule has 0 unspecified atom stereocenters. The van der Waals surface area contributed by atoms with Crippen molar-refractivity contribution in [1.82, 2.24) is 4.90 Å². The number of Topliss-reactive ketones (excluding diaryl/α,β-unsaturated/α-hetero) is 2. The van der Waals surface area contributed by atoms with Gasteiger partial charge in [0.2, 0.25) is 0 Å². The van der Waals surface area contributed by atoms with E-state index in [0.29, 0.717) is 14.2 Å². The van der Waals surface area contributed by atoms with E-state index in [9.17, 15) is 14.4 Å². The van der Waals surface area contributed by atoms with Crippen LogP contribution in [0.15, 0.2) is 39.5 Å². The van der Waals surface area contributed by atoms with Gasteiger partial charge >= 0.3 is 0 Å². The molecule has 1 amide bonds. The minimum absolute atomic E-state index is 0.0179. The number of carbonyl (C=O) groups excluding carboxylic acids is 3. The molecule has 128 valence electrons. The van der Waals surface area contributed by atoms with Gasteiger partial charge in [-0.05, 0) is 58.9 Å². The summed E-state index contributed by atoms with van der Waals surface area (Å²) in [5.41, 5.74) is 1.41. The SMILES string of the molecule is CC1=C[C@]23C(c4ccc(Cl)cc4)=C(I)C(=O)N2CC(=O)[C@@H]3[C@@H](C)C1=O. The minimum atomic E-state index is -0.865. The fraction of sp³-hybridized carbons (Fsp3) is 0.316. The average molecular weight is 468 g/mol. The van der Waals surface area contributed by atoms with Crippen molar-refractivity contribution < 1.29 is 14.4 Å². The van der Waals surface area contributed by atoms with Crippen LogP contribution in [0, 0.1) is 11.8 Å². The van der Waals surface area contributed by atoms with Gasteiger partial charge in [-0.1, -0.05) is 30.7 Å². The molecule has 0 saturated carbocycles. The number of hydrogen-bond acceptors (Lipinski definition) is 3. The van der Waals surface area contributed by atoms with Crippen molar-refractivity contribution >= 4 is 57.2 Å². The lowest BCUT2D eigenvalue weighted by atomic mass is 9.65. The summed E-state index contributed by atoms with van der Waals surface area (Å²) in [4.78, 5) is 39.8. The van der Waals surface area contributed by atoms with Crippen molar-refractivity contribution in [1.29, 1.82) is 0 Å². The molecule has 2 heterocycles. The molecule has 3 aliphatic rings. The van der Waals surface area contributed by atoms with Gasteiger partial charge in [-0.25, -0.2) is 0 Å². The summed E-state index contributed by atoms with van der Waals surface area (Å²) in [7, 11) is 0. The van der Waals surface area contributed by atoms with E-state index in [4.69, 9.17) is 11.6 Å². The van der Waals surface area contributed by atoms with Gasteiger partial charge in [0, 0.05) is 16.5 Å². The van der Waals surface area contributed by atoms with Crippen molar-refractivity contribution in [2.24, 2.45) is 11.8 Å². The highest BCUT2D eigenvalue weighted by atomic mass is 127. The fourth-order valence-corrected chi connectivity index (χ4v) is 5.68. The lowest BCUT2D eigenvalue weighted by Crippen LogP contribution is -2.51. The zero-order valence-corrected chi connectivity index (χ0v) is 16.6. The smallest absolute Gasteiger partial charge is 0.261 e. The fourth-order valence-electron chi connectivity index (χ4n) is 4.52. The molecule has 1 aromatic rings. The highest BCUT2D eigenvalue weighted by Gasteiger charge is 2.65. The average Bonchev–Trinajstić information content (AvgIpc) is 2.96. The van der Waals surface area contributed by atoms with E-state index in [0.717, 1.165) is 11.1 Å². The first kappa shape index (κ1) is 17.0. The quantitative estimate of drug-likeness (QED) is 0.595. The molecule has 1 spiro atoms. The molecule has 0 N–H and O–H groups in total. The van der Waals surface area contributed by atoms with Crippen LogP contribution in [0.25, 0.3) is 5.57 Å². The monoisotopic (exact) mass is 467 g/mol. The van der Waals surface area contributed by atoms with Crippen LogP contribution in [-0.2, 0) is 14.4 Å². The number of hydrogen-bond donors (Lipinski definition) is 0. The molecule has 1 fully saturated rings. The van der Waals surface area contributed by atoms with Gasteiger partial charge in [-0.2, -0.15) is 0 Å². The predicted molar refractivity (Wildman–Crippen MR) is 103 cm³/mol. The molecule has 0 bridgehead atoms. The summed E-state index contributed by atoms with van der Waals surface area (Å²) in [6.07, 6.45) is 1.83. The summed E-state index contributed by atoms with van der Waals surface area (Å²) in [5, 5.41) is 0.607. The Balaban J connectivity index is 2.03. The second kappa shape index (κ2) is 5.51. The molecule has 4 nitrogen and oxygen atoms in total. The number of ketones is 2. The highest BCUT2D eigenvalue weighted by Crippen LogP contribution is 2.56. The number of benzene rings is 1. The van der Waals surface area contributed by atoms with Crippen molar-refractivity contribution in [3.8, 4) is 0 Å². The zero-order chi connectivity index (χ0) is 18.1. The summed E-state index contributed by atoms with van der Waals surface area (Å²) in [6.45, 7) is 3.61. The molecule has 4 rings (SSSR count). The van der Waals surface area contributed by atoms with E-state index in [2.05, 4.69) is 22.6 Å². The summed E-state index contributed by atoms with van der Waals surface area (Å²) < 4.78 is 0.600. The van der Waals surface area contributed by atoms with Crippen LogP contribution in [0.5, 0.6) is 0 Å². The molecule has 2 aliphatic heterocycles. The van der Waals surface area contributed by atoms with Gasteiger partial charge in [0.1, 0.15) is 5.54 Å². The maximum atomic E-state index is 12.9. The zero-order valence-electron chi connectivity index (χ0n) is 13.7. The Morgan fingerprint density at radius 1 is 1.20 bits per heavy atom. The largest absolute Gasteiger partial charge is 0.317 e. The number of allylic oxidation sites excluding steroid dienone is 1. The Kier molecular flexibility index (Phi) is 3.74. The van der Waals surface area contributed by atoms with E-state index < -0.39 is 17.4 Å². The van der Waals surface area contributed by atoms with Crippen LogP contribution in [0.3, 0.4) is 0 Å². The summed E-state index contributed by atoms with van der Waals surface area (Å²) in [5.74, 6) is -1.19. The molecule has 0 radical (unpaired) electrons. The maximum absolute atomic E-state index is 12.9. The number of nitrogens with zero attached hydrogens (tertiary/aromatic N) is 1. The van der Waals surface area contributed by atoms with Crippen LogP contribution in [0.1, 0.15) is 19.4 Å². The second-order valence-electron chi connectivity index (χ2n) is 6.84. The molecule has 1 saturated heterocycles. The highest BCUT2D eigenvalue weighted by molar-refractivity contribution is 14.1. The number of rotatable bonds is 1. The van der Waals surface area contributed by atoms with Gasteiger partial charge in [0.25, 0.3) is 5.91 Å². The van der Waals surface area contributed by atoms with Crippen LogP contribution in [0.4, 0.5) is 0 Å². The van der Waals surface area contributed by atoms with E-state index in [-0.39, 0.29) is 24.0 Å². The predicted octanol–water partition coefficient (Wildman–Crippen LogP) is 3.43. The summed E-state index contributed by atoms with van der Waals surface area (Å²) in [6, 6.07) is 7.28. The topological polar surface area (TPSA) is 54.5 Å². The molecular weight excluding hydrogens is 453 g/mol. The van der Waals surface area contributed by atoms with Crippen molar-refractivity contribution in [3.63, 3.8) is 0 Å². The molecule has 1 aliphatic carbocycles. The van der Waals surface area contributed by atoms with Crippen LogP contribution < -0.4 is 0 Å². The van der Waals surface area contributed by atoms with Crippen LogP contribution in [-0.4, -0.2) is 34.5 Å². The maximum Gasteiger partial charge on any atom is 0.261 e. The van der Waals surface area contributed by atoms with Crippen molar-refractivity contribution in [2.45, 2.75) is 19.4 Å². The van der Waals surface area contributed by atoms with Gasteiger partial charge in [-0.15, -0.1) is 0 Å². The molecule has 1 aromatic carbocycles. The Morgan fingerprint density at radius 2 is 1.84 bits per heavy atom. The number of amides is 1. The van der Waals surface area contributed by atoms with Crippen LogP contribution in [0.2, 0.25) is 5.02 Å². The standard InChI is InChI=1S/C19H15ClINO3/c1-9-7-19-14(10(2)17(9)24)13(23)8-22(19)18(25)16(21)15(19)11-3-5-12(20)6-4-11/h3-7,10,14H,8H2,1-2H3/t10-,14+,19+/m1/s1. The van der Waals surface area contributed by atoms with E-state index >= 15 is 0 Å². The third kappa shape index (κ3) is 2.08. The van der Waals surface area contributed by atoms with Gasteiger partial charge in [0.15, 0.2) is 11.6 Å². The normalized spacial score (nSPS) is 31.4. The van der Waals surface area contributed by atoms with Gasteiger partial charge in [0.05, 0.1) is 16.0 Å². The molecular formula is C19H15ClINO3. The van der Waals surface area contributed by atoms with Crippen molar-refractivity contribution in [3.05, 3.63) is 50.1 Å². The van der Waals surface area contributed by atoms with E-state index in [1.165, 1.54) is 0 Å². The molecule has 6 heteroatoms. The van der Waals surface area contributed by atoms with Crippen molar-refractivity contribution in [2.75, 3.05) is 6.54 Å². The molecule has 25 heavy (non-hydrogen) atoms. The molecule has 0 aromatic heterocycles. The number of carbonyl (C=O) groups is 3. The number of halogens is 2. The van der Waals surface area contributed by atoms with Gasteiger partial charge in [-0.3, -0.25) is 14.4 Å². The lowest BCUT2D eigenvalue weighted by Gasteiger charge is -2.41. The third-order valence-corrected chi connectivity index (χ3v) is 6.76. The van der Waals surface area contributed by atoms with E-state index in [1.807, 2.05) is 18.2 Å². The Hall–Kier alpha value is -1.47. The first-order chi connectivity index (χ1) is 11.8. The first-order valence-electron chi connectivity index (χ1n) is 8.03. The second-order valence-corrected chi connectivity index (χ2v) is 8.35.